The number of hydrogen-bond acceptors (Lipinski definition) is 2. The van der Waals surface area contributed by atoms with Crippen LogP contribution in [0.15, 0.2) is 11.1 Å². The molecule has 0 saturated heterocycles. The fourth-order valence-corrected chi connectivity index (χ4v) is 2.40. The third-order valence-electron chi connectivity index (χ3n) is 3.09. The molecule has 0 atom stereocenters. The van der Waals surface area contributed by atoms with E-state index in [2.05, 4.69) is 0 Å². The first kappa shape index (κ1) is 21.0. The number of aliphatic carboxylic acids is 2. The molecular weight excluding hydrogens is 254 g/mol. The van der Waals surface area contributed by atoms with Crippen molar-refractivity contribution in [3.63, 3.8) is 0 Å². The number of hydrogen-bond donors (Lipinski definition) is 2. The monoisotopic (exact) mass is 274 g/mol. The minimum atomic E-state index is -1.10. The molecule has 1 aliphatic carbocycles. The van der Waals surface area contributed by atoms with Gasteiger partial charge in [0.15, 0.2) is 0 Å². The average Bonchev–Trinajstić information content (AvgIpc) is 2.64. The SMILES string of the molecule is CC(C)/C(C(=O)O)=C(/C(=O)O)C1CCCC1.[NaH].[NaH]. The van der Waals surface area contributed by atoms with Gasteiger partial charge in [0, 0.05) is 0 Å². The van der Waals surface area contributed by atoms with Crippen LogP contribution >= 0.6 is 0 Å². The van der Waals surface area contributed by atoms with Crippen LogP contribution in [0.5, 0.6) is 0 Å². The Balaban J connectivity index is 0. The van der Waals surface area contributed by atoms with Gasteiger partial charge in [-0.15, -0.1) is 0 Å². The van der Waals surface area contributed by atoms with Gasteiger partial charge < -0.3 is 10.2 Å². The Hall–Kier alpha value is 0.680. The normalized spacial score (nSPS) is 16.6. The van der Waals surface area contributed by atoms with Gasteiger partial charge in [0.25, 0.3) is 0 Å². The molecule has 0 unspecified atom stereocenters. The zero-order valence-corrected chi connectivity index (χ0v) is 9.69. The topological polar surface area (TPSA) is 74.6 Å². The van der Waals surface area contributed by atoms with Crippen LogP contribution in [0.2, 0.25) is 0 Å². The summed E-state index contributed by atoms with van der Waals surface area (Å²) in [6, 6.07) is 0. The van der Waals surface area contributed by atoms with Crippen molar-refractivity contribution in [2.75, 3.05) is 0 Å². The Kier molecular flexibility index (Phi) is 11.1. The first-order chi connectivity index (χ1) is 7.45. The van der Waals surface area contributed by atoms with E-state index in [1.807, 2.05) is 0 Å². The Labute approximate surface area is 152 Å². The second-order valence-electron chi connectivity index (χ2n) is 4.57. The van der Waals surface area contributed by atoms with E-state index in [0.717, 1.165) is 25.7 Å². The van der Waals surface area contributed by atoms with E-state index in [4.69, 9.17) is 5.11 Å². The molecule has 1 fully saturated rings. The quantitative estimate of drug-likeness (QED) is 0.592. The van der Waals surface area contributed by atoms with E-state index in [-0.39, 0.29) is 82.1 Å². The number of carboxylic acid groups (broad SMARTS) is 2. The molecule has 0 bridgehead atoms. The molecule has 0 aromatic rings. The van der Waals surface area contributed by atoms with E-state index in [1.54, 1.807) is 13.8 Å². The van der Waals surface area contributed by atoms with Crippen LogP contribution in [0.1, 0.15) is 39.5 Å². The first-order valence-corrected chi connectivity index (χ1v) is 5.65. The summed E-state index contributed by atoms with van der Waals surface area (Å²) in [6.45, 7) is 3.45. The standard InChI is InChI=1S/C12H18O4.2Na.2H/c1-7(2)9(11(13)14)10(12(15)16)8-5-3-4-6-8;;;;/h7-8H,3-6H2,1-2H3,(H,13,14)(H,15,16);;;;/b10-9-;;;;. The predicted molar refractivity (Wildman–Crippen MR) is 73.4 cm³/mol. The molecule has 2 N–H and O–H groups in total. The van der Waals surface area contributed by atoms with E-state index >= 15 is 0 Å². The van der Waals surface area contributed by atoms with Gasteiger partial charge in [-0.2, -0.15) is 0 Å². The van der Waals surface area contributed by atoms with Crippen LogP contribution in [0, 0.1) is 11.8 Å². The third-order valence-corrected chi connectivity index (χ3v) is 3.09. The molecule has 0 radical (unpaired) electrons. The fraction of sp³-hybridized carbons (Fsp3) is 0.667. The fourth-order valence-electron chi connectivity index (χ4n) is 2.40. The van der Waals surface area contributed by atoms with Gasteiger partial charge in [-0.3, -0.25) is 0 Å². The van der Waals surface area contributed by atoms with Crippen LogP contribution in [0.4, 0.5) is 0 Å². The molecule has 0 aliphatic heterocycles. The molecule has 1 aliphatic rings. The van der Waals surface area contributed by atoms with Gasteiger partial charge in [-0.25, -0.2) is 9.59 Å². The summed E-state index contributed by atoms with van der Waals surface area (Å²) in [7, 11) is 0. The van der Waals surface area contributed by atoms with Crippen molar-refractivity contribution >= 4 is 71.1 Å². The van der Waals surface area contributed by atoms with Crippen LogP contribution in [0.25, 0.3) is 0 Å². The van der Waals surface area contributed by atoms with Gasteiger partial charge in [0.05, 0.1) is 11.1 Å². The molecular formula is C12H20Na2O4. The Bertz CT molecular complexity index is 331. The van der Waals surface area contributed by atoms with Crippen LogP contribution in [-0.2, 0) is 9.59 Å². The number of carbonyl (C=O) groups is 2. The molecule has 1 saturated carbocycles. The molecule has 94 valence electrons. The summed E-state index contributed by atoms with van der Waals surface area (Å²) in [4.78, 5) is 22.3. The molecule has 0 heterocycles. The van der Waals surface area contributed by atoms with Gasteiger partial charge >= 0.3 is 71.1 Å². The maximum atomic E-state index is 11.2. The summed E-state index contributed by atoms with van der Waals surface area (Å²) in [5.74, 6) is -2.51. The predicted octanol–water partition coefficient (Wildman–Crippen LogP) is 1.00. The summed E-state index contributed by atoms with van der Waals surface area (Å²) < 4.78 is 0. The van der Waals surface area contributed by atoms with Crippen molar-refractivity contribution in [3.8, 4) is 0 Å². The summed E-state index contributed by atoms with van der Waals surface area (Å²) >= 11 is 0. The van der Waals surface area contributed by atoms with Gasteiger partial charge in [0.1, 0.15) is 0 Å². The minimum absolute atomic E-state index is 0. The zero-order valence-electron chi connectivity index (χ0n) is 9.69. The van der Waals surface area contributed by atoms with Crippen LogP contribution in [0.3, 0.4) is 0 Å². The molecule has 18 heavy (non-hydrogen) atoms. The van der Waals surface area contributed by atoms with E-state index in [1.165, 1.54) is 0 Å². The second-order valence-corrected chi connectivity index (χ2v) is 4.57. The van der Waals surface area contributed by atoms with E-state index in [0.29, 0.717) is 0 Å². The van der Waals surface area contributed by atoms with Crippen LogP contribution in [-0.4, -0.2) is 81.3 Å². The van der Waals surface area contributed by atoms with Crippen molar-refractivity contribution in [1.82, 2.24) is 0 Å². The molecule has 6 heteroatoms. The number of carboxylic acids is 2. The molecule has 1 rings (SSSR count). The average molecular weight is 274 g/mol. The van der Waals surface area contributed by atoms with Crippen LogP contribution < -0.4 is 0 Å². The first-order valence-electron chi connectivity index (χ1n) is 5.65. The van der Waals surface area contributed by atoms with E-state index in [9.17, 15) is 14.7 Å². The van der Waals surface area contributed by atoms with Gasteiger partial charge in [0.2, 0.25) is 0 Å². The van der Waals surface area contributed by atoms with Crippen molar-refractivity contribution in [2.45, 2.75) is 39.5 Å². The number of rotatable bonds is 4. The van der Waals surface area contributed by atoms with Crippen molar-refractivity contribution in [2.24, 2.45) is 11.8 Å². The summed E-state index contributed by atoms with van der Waals surface area (Å²) in [5, 5.41) is 18.3. The Morgan fingerprint density at radius 1 is 1.00 bits per heavy atom. The van der Waals surface area contributed by atoms with Gasteiger partial charge in [-0.1, -0.05) is 26.7 Å². The summed E-state index contributed by atoms with van der Waals surface area (Å²) in [5.41, 5.74) is 0.194. The molecule has 0 aromatic carbocycles. The molecule has 0 spiro atoms. The third kappa shape index (κ3) is 5.35. The molecule has 4 nitrogen and oxygen atoms in total. The Morgan fingerprint density at radius 3 is 1.72 bits per heavy atom. The van der Waals surface area contributed by atoms with Crippen molar-refractivity contribution < 1.29 is 19.8 Å². The van der Waals surface area contributed by atoms with Crippen molar-refractivity contribution in [1.29, 1.82) is 0 Å². The summed E-state index contributed by atoms with van der Waals surface area (Å²) in [6.07, 6.45) is 3.58. The zero-order chi connectivity index (χ0) is 12.3. The molecule has 0 amide bonds. The van der Waals surface area contributed by atoms with E-state index < -0.39 is 11.9 Å². The Morgan fingerprint density at radius 2 is 1.44 bits per heavy atom. The molecule has 0 aromatic heterocycles. The second kappa shape index (κ2) is 9.56. The van der Waals surface area contributed by atoms with Crippen molar-refractivity contribution in [3.05, 3.63) is 11.1 Å². The maximum absolute atomic E-state index is 11.2. The van der Waals surface area contributed by atoms with Gasteiger partial charge in [-0.05, 0) is 24.7 Å².